The molecule has 1 aromatic rings. The van der Waals surface area contributed by atoms with Crippen molar-refractivity contribution in [2.75, 3.05) is 13.7 Å². The second-order valence-electron chi connectivity index (χ2n) is 2.72. The zero-order valence-corrected chi connectivity index (χ0v) is 8.34. The summed E-state index contributed by atoms with van der Waals surface area (Å²) in [6.07, 6.45) is 1.49. The van der Waals surface area contributed by atoms with E-state index in [1.807, 2.05) is 6.07 Å². The van der Waals surface area contributed by atoms with Crippen molar-refractivity contribution in [3.05, 3.63) is 29.8 Å². The molecule has 1 aromatic carbocycles. The van der Waals surface area contributed by atoms with Crippen LogP contribution in [0.2, 0.25) is 0 Å². The van der Waals surface area contributed by atoms with Gasteiger partial charge in [0.25, 0.3) is 0 Å². The van der Waals surface area contributed by atoms with Gasteiger partial charge in [-0.2, -0.15) is 5.10 Å². The summed E-state index contributed by atoms with van der Waals surface area (Å²) in [5.74, 6) is 5.15. The van der Waals surface area contributed by atoms with Gasteiger partial charge >= 0.3 is 5.97 Å². The summed E-state index contributed by atoms with van der Waals surface area (Å²) in [5.41, 5.74) is 0.805. The molecule has 0 amide bonds. The number of nitrogens with zero attached hydrogens (tertiary/aromatic N) is 1. The first-order valence-corrected chi connectivity index (χ1v) is 4.29. The van der Waals surface area contributed by atoms with Crippen molar-refractivity contribution in [3.8, 4) is 5.75 Å². The number of rotatable bonds is 4. The molecule has 0 aromatic heterocycles. The van der Waals surface area contributed by atoms with Crippen LogP contribution in [-0.4, -0.2) is 25.9 Å². The number of ether oxygens (including phenoxy) is 2. The molecule has 5 heteroatoms. The Morgan fingerprint density at radius 3 is 3.07 bits per heavy atom. The van der Waals surface area contributed by atoms with Crippen LogP contribution in [0.5, 0.6) is 5.75 Å². The standard InChI is InChI=1S/C10H12N2O3/c1-14-10(13)7-15-9-4-2-3-8(5-9)6-12-11/h2-6H,7,11H2,1H3. The van der Waals surface area contributed by atoms with Crippen LogP contribution in [0, 0.1) is 0 Å². The van der Waals surface area contributed by atoms with Crippen LogP contribution in [-0.2, 0) is 9.53 Å². The van der Waals surface area contributed by atoms with E-state index >= 15 is 0 Å². The molecule has 0 aliphatic rings. The van der Waals surface area contributed by atoms with E-state index in [0.29, 0.717) is 5.75 Å². The van der Waals surface area contributed by atoms with Gasteiger partial charge in [0, 0.05) is 0 Å². The quantitative estimate of drug-likeness (QED) is 0.339. The van der Waals surface area contributed by atoms with E-state index in [0.717, 1.165) is 5.56 Å². The number of esters is 1. The average molecular weight is 208 g/mol. The molecule has 0 spiro atoms. The monoisotopic (exact) mass is 208 g/mol. The molecule has 0 atom stereocenters. The molecular weight excluding hydrogens is 196 g/mol. The van der Waals surface area contributed by atoms with E-state index < -0.39 is 5.97 Å². The molecule has 5 nitrogen and oxygen atoms in total. The van der Waals surface area contributed by atoms with Gasteiger partial charge in [-0.3, -0.25) is 0 Å². The minimum atomic E-state index is -0.423. The lowest BCUT2D eigenvalue weighted by Crippen LogP contribution is -2.12. The molecular formula is C10H12N2O3. The van der Waals surface area contributed by atoms with Crippen molar-refractivity contribution in [2.24, 2.45) is 10.9 Å². The van der Waals surface area contributed by atoms with Crippen LogP contribution in [0.4, 0.5) is 0 Å². The number of nitrogens with two attached hydrogens (primary N) is 1. The third-order valence-corrected chi connectivity index (χ3v) is 1.67. The Labute approximate surface area is 87.5 Å². The minimum Gasteiger partial charge on any atom is -0.482 e. The van der Waals surface area contributed by atoms with Gasteiger partial charge in [-0.25, -0.2) is 4.79 Å². The molecule has 2 N–H and O–H groups in total. The topological polar surface area (TPSA) is 73.9 Å². The zero-order valence-electron chi connectivity index (χ0n) is 8.34. The zero-order chi connectivity index (χ0) is 11.1. The number of hydrazone groups is 1. The predicted molar refractivity (Wildman–Crippen MR) is 55.7 cm³/mol. The van der Waals surface area contributed by atoms with Crippen molar-refractivity contribution in [1.29, 1.82) is 0 Å². The number of hydrogen-bond donors (Lipinski definition) is 1. The van der Waals surface area contributed by atoms with Gasteiger partial charge in [0.15, 0.2) is 6.61 Å². The van der Waals surface area contributed by atoms with Crippen LogP contribution in [0.25, 0.3) is 0 Å². The minimum absolute atomic E-state index is 0.111. The SMILES string of the molecule is COC(=O)COc1cccc(C=NN)c1. The van der Waals surface area contributed by atoms with Crippen LogP contribution >= 0.6 is 0 Å². The Kier molecular flexibility index (Phi) is 4.15. The molecule has 0 fully saturated rings. The van der Waals surface area contributed by atoms with E-state index in [1.54, 1.807) is 18.2 Å². The summed E-state index contributed by atoms with van der Waals surface area (Å²) in [7, 11) is 1.31. The van der Waals surface area contributed by atoms with Gasteiger partial charge < -0.3 is 15.3 Å². The maximum absolute atomic E-state index is 10.8. The Hall–Kier alpha value is -2.04. The maximum atomic E-state index is 10.8. The first-order valence-electron chi connectivity index (χ1n) is 4.29. The van der Waals surface area contributed by atoms with E-state index in [9.17, 15) is 4.79 Å². The summed E-state index contributed by atoms with van der Waals surface area (Å²) >= 11 is 0. The summed E-state index contributed by atoms with van der Waals surface area (Å²) in [4.78, 5) is 10.8. The number of hydrogen-bond acceptors (Lipinski definition) is 5. The highest BCUT2D eigenvalue weighted by atomic mass is 16.6. The highest BCUT2D eigenvalue weighted by molar-refractivity contribution is 5.80. The lowest BCUT2D eigenvalue weighted by molar-refractivity contribution is -0.142. The van der Waals surface area contributed by atoms with E-state index in [1.165, 1.54) is 13.3 Å². The molecule has 0 bridgehead atoms. The lowest BCUT2D eigenvalue weighted by Gasteiger charge is -2.04. The lowest BCUT2D eigenvalue weighted by atomic mass is 10.2. The molecule has 0 aliphatic carbocycles. The summed E-state index contributed by atoms with van der Waals surface area (Å²) in [6.45, 7) is -0.111. The Morgan fingerprint density at radius 1 is 1.60 bits per heavy atom. The Bertz CT molecular complexity index is 363. The van der Waals surface area contributed by atoms with Crippen LogP contribution in [0.3, 0.4) is 0 Å². The second kappa shape index (κ2) is 5.64. The van der Waals surface area contributed by atoms with Gasteiger partial charge in [0.05, 0.1) is 13.3 Å². The third kappa shape index (κ3) is 3.68. The predicted octanol–water partition coefficient (Wildman–Crippen LogP) is 0.531. The van der Waals surface area contributed by atoms with Crippen molar-refractivity contribution in [1.82, 2.24) is 0 Å². The number of carbonyl (C=O) groups is 1. The normalized spacial score (nSPS) is 10.2. The van der Waals surface area contributed by atoms with Crippen LogP contribution in [0.15, 0.2) is 29.4 Å². The van der Waals surface area contributed by atoms with Crippen LogP contribution < -0.4 is 10.6 Å². The Balaban J connectivity index is 2.61. The number of methoxy groups -OCH3 is 1. The summed E-state index contributed by atoms with van der Waals surface area (Å²) in [6, 6.07) is 7.06. The molecule has 1 rings (SSSR count). The molecule has 0 saturated carbocycles. The number of carbonyl (C=O) groups excluding carboxylic acids is 1. The smallest absolute Gasteiger partial charge is 0.343 e. The number of benzene rings is 1. The summed E-state index contributed by atoms with van der Waals surface area (Å²) < 4.78 is 9.61. The fraction of sp³-hybridized carbons (Fsp3) is 0.200. The fourth-order valence-corrected chi connectivity index (χ4v) is 0.972. The van der Waals surface area contributed by atoms with Gasteiger partial charge in [-0.1, -0.05) is 12.1 Å². The Morgan fingerprint density at radius 2 is 2.40 bits per heavy atom. The molecule has 80 valence electrons. The highest BCUT2D eigenvalue weighted by Gasteiger charge is 2.01. The molecule has 0 radical (unpaired) electrons. The van der Waals surface area contributed by atoms with E-state index in [4.69, 9.17) is 10.6 Å². The van der Waals surface area contributed by atoms with Gasteiger partial charge in [-0.15, -0.1) is 0 Å². The second-order valence-corrected chi connectivity index (χ2v) is 2.72. The van der Waals surface area contributed by atoms with E-state index in [-0.39, 0.29) is 6.61 Å². The molecule has 0 saturated heterocycles. The largest absolute Gasteiger partial charge is 0.482 e. The van der Waals surface area contributed by atoms with Crippen molar-refractivity contribution >= 4 is 12.2 Å². The molecule has 15 heavy (non-hydrogen) atoms. The van der Waals surface area contributed by atoms with E-state index in [2.05, 4.69) is 9.84 Å². The van der Waals surface area contributed by atoms with Crippen molar-refractivity contribution < 1.29 is 14.3 Å². The fourth-order valence-electron chi connectivity index (χ4n) is 0.972. The summed E-state index contributed by atoms with van der Waals surface area (Å²) in [5, 5.41) is 3.39. The molecule has 0 heterocycles. The average Bonchev–Trinajstić information content (AvgIpc) is 2.27. The first-order chi connectivity index (χ1) is 7.26. The van der Waals surface area contributed by atoms with Gasteiger partial charge in [0.2, 0.25) is 0 Å². The molecule has 0 aliphatic heterocycles. The first kappa shape index (κ1) is 11.0. The van der Waals surface area contributed by atoms with Crippen LogP contribution in [0.1, 0.15) is 5.56 Å². The maximum Gasteiger partial charge on any atom is 0.343 e. The van der Waals surface area contributed by atoms with Gasteiger partial charge in [0.1, 0.15) is 5.75 Å². The van der Waals surface area contributed by atoms with Gasteiger partial charge in [-0.05, 0) is 17.7 Å². The third-order valence-electron chi connectivity index (χ3n) is 1.67. The van der Waals surface area contributed by atoms with Crippen molar-refractivity contribution in [2.45, 2.75) is 0 Å². The molecule has 0 unspecified atom stereocenters. The highest BCUT2D eigenvalue weighted by Crippen LogP contribution is 2.11. The van der Waals surface area contributed by atoms with Crippen molar-refractivity contribution in [3.63, 3.8) is 0 Å².